The molecule has 0 unspecified atom stereocenters. The summed E-state index contributed by atoms with van der Waals surface area (Å²) in [6.07, 6.45) is 6.70. The Morgan fingerprint density at radius 1 is 1.10 bits per heavy atom. The Balaban J connectivity index is 1.38. The third-order valence-electron chi connectivity index (χ3n) is 7.54. The first-order valence-corrected chi connectivity index (χ1v) is 15.1. The number of urea groups is 1. The van der Waals surface area contributed by atoms with Crippen molar-refractivity contribution < 1.29 is 19.2 Å². The van der Waals surface area contributed by atoms with Gasteiger partial charge in [-0.25, -0.2) is 25.6 Å². The molecule has 1 atom stereocenters. The van der Waals surface area contributed by atoms with Gasteiger partial charge in [0.15, 0.2) is 5.13 Å². The third-order valence-corrected chi connectivity index (χ3v) is 8.42. The number of carbonyl (C=O) groups excluding carboxylic acids is 4. The molecule has 0 radical (unpaired) electrons. The molecule has 0 spiro atoms. The lowest BCUT2D eigenvalue weighted by molar-refractivity contribution is -0.111. The second kappa shape index (κ2) is 12.5. The molecular weight excluding hydrogens is 546 g/mol. The summed E-state index contributed by atoms with van der Waals surface area (Å²) in [5.74, 6) is 5.03. The van der Waals surface area contributed by atoms with E-state index >= 15 is 0 Å². The van der Waals surface area contributed by atoms with E-state index in [9.17, 15) is 19.2 Å². The Morgan fingerprint density at radius 2 is 1.80 bits per heavy atom. The van der Waals surface area contributed by atoms with E-state index in [-0.39, 0.29) is 17.4 Å². The van der Waals surface area contributed by atoms with Crippen LogP contribution in [0.1, 0.15) is 66.9 Å². The van der Waals surface area contributed by atoms with Gasteiger partial charge in [0.25, 0.3) is 11.8 Å². The number of carbonyl (C=O) groups is 4. The van der Waals surface area contributed by atoms with Crippen molar-refractivity contribution in [3.63, 3.8) is 0 Å². The summed E-state index contributed by atoms with van der Waals surface area (Å²) < 4.78 is 0. The molecule has 220 valence electrons. The molecule has 2 aromatic heterocycles. The average molecular weight is 584 g/mol. The van der Waals surface area contributed by atoms with Gasteiger partial charge in [-0.15, -0.1) is 11.3 Å². The number of aldehydes is 1. The van der Waals surface area contributed by atoms with Crippen molar-refractivity contribution in [3.8, 4) is 0 Å². The van der Waals surface area contributed by atoms with Gasteiger partial charge in [-0.2, -0.15) is 0 Å². The lowest BCUT2D eigenvalue weighted by Crippen LogP contribution is -2.53. The molecule has 5 rings (SSSR count). The molecule has 3 N–H and O–H groups in total. The maximum atomic E-state index is 13.9. The van der Waals surface area contributed by atoms with Gasteiger partial charge in [-0.1, -0.05) is 26.7 Å². The Bertz CT molecular complexity index is 1270. The van der Waals surface area contributed by atoms with Gasteiger partial charge in [-0.05, 0) is 37.2 Å². The van der Waals surface area contributed by atoms with Crippen LogP contribution in [0.2, 0.25) is 0 Å². The molecule has 1 aliphatic heterocycles. The summed E-state index contributed by atoms with van der Waals surface area (Å²) >= 11 is 1.39. The molecule has 0 aromatic carbocycles. The smallest absolute Gasteiger partial charge is 0.331 e. The van der Waals surface area contributed by atoms with Crippen molar-refractivity contribution >= 4 is 46.5 Å². The van der Waals surface area contributed by atoms with E-state index in [2.05, 4.69) is 39.1 Å². The summed E-state index contributed by atoms with van der Waals surface area (Å²) in [5, 5.41) is 2.43. The van der Waals surface area contributed by atoms with Crippen LogP contribution in [0.5, 0.6) is 0 Å². The van der Waals surface area contributed by atoms with Crippen molar-refractivity contribution in [2.75, 3.05) is 42.5 Å². The quantitative estimate of drug-likeness (QED) is 0.132. The molecule has 2 saturated carbocycles. The van der Waals surface area contributed by atoms with E-state index in [1.807, 2.05) is 4.90 Å². The standard InChI is InChI=1S/C27H37N9O4S/c1-17(2)14-35(19-5-6-19)27-31-22(16-41-27)24(39)36(20(15-37)13-18-3-4-18)23(38)21-7-8-29-25(30-21)33-9-11-34(12-10-33)26(40)32-28/h7-8,15-20H,3-6,9-14,28H2,1-2H3,(H,32,40)/t20-/m0/s1. The molecule has 14 heteroatoms. The largest absolute Gasteiger partial charge is 0.345 e. The highest BCUT2D eigenvalue weighted by Gasteiger charge is 2.38. The van der Waals surface area contributed by atoms with Crippen LogP contribution in [0.3, 0.4) is 0 Å². The highest BCUT2D eigenvalue weighted by Crippen LogP contribution is 2.36. The summed E-state index contributed by atoms with van der Waals surface area (Å²) in [7, 11) is 0. The van der Waals surface area contributed by atoms with E-state index in [0.717, 1.165) is 42.3 Å². The van der Waals surface area contributed by atoms with Crippen LogP contribution in [-0.2, 0) is 4.79 Å². The van der Waals surface area contributed by atoms with Gasteiger partial charge < -0.3 is 19.5 Å². The highest BCUT2D eigenvalue weighted by molar-refractivity contribution is 7.14. The predicted octanol–water partition coefficient (Wildman–Crippen LogP) is 1.91. The fourth-order valence-electron chi connectivity index (χ4n) is 5.04. The number of thiazole rings is 1. The van der Waals surface area contributed by atoms with Crippen molar-refractivity contribution in [1.29, 1.82) is 0 Å². The Morgan fingerprint density at radius 3 is 2.41 bits per heavy atom. The number of hydrazine groups is 1. The van der Waals surface area contributed by atoms with Crippen LogP contribution < -0.4 is 21.1 Å². The van der Waals surface area contributed by atoms with Crippen LogP contribution in [0.25, 0.3) is 0 Å². The fraction of sp³-hybridized carbons (Fsp3) is 0.593. The van der Waals surface area contributed by atoms with E-state index in [4.69, 9.17) is 5.84 Å². The average Bonchev–Trinajstić information content (AvgIpc) is 3.93. The number of hydrogen-bond donors (Lipinski definition) is 2. The van der Waals surface area contributed by atoms with Crippen LogP contribution in [-0.4, -0.2) is 93.7 Å². The van der Waals surface area contributed by atoms with Crippen molar-refractivity contribution in [1.82, 2.24) is 30.2 Å². The normalized spacial score (nSPS) is 17.8. The van der Waals surface area contributed by atoms with Gasteiger partial charge in [0.05, 0.1) is 6.04 Å². The van der Waals surface area contributed by atoms with Gasteiger partial charge in [0.1, 0.15) is 17.7 Å². The van der Waals surface area contributed by atoms with E-state index < -0.39 is 17.9 Å². The number of amides is 4. The minimum Gasteiger partial charge on any atom is -0.345 e. The Hall–Kier alpha value is -3.65. The predicted molar refractivity (Wildman–Crippen MR) is 154 cm³/mol. The number of rotatable bonds is 11. The summed E-state index contributed by atoms with van der Waals surface area (Å²) in [6, 6.07) is 0.592. The topological polar surface area (TPSA) is 158 Å². The summed E-state index contributed by atoms with van der Waals surface area (Å²) in [5.41, 5.74) is 2.30. The number of piperazine rings is 1. The second-order valence-electron chi connectivity index (χ2n) is 11.3. The van der Waals surface area contributed by atoms with E-state index in [0.29, 0.717) is 62.7 Å². The van der Waals surface area contributed by atoms with E-state index in [1.54, 1.807) is 10.3 Å². The van der Waals surface area contributed by atoms with Crippen molar-refractivity contribution in [3.05, 3.63) is 29.0 Å². The number of hydrogen-bond acceptors (Lipinski definition) is 11. The van der Waals surface area contributed by atoms with Crippen LogP contribution in [0.4, 0.5) is 15.9 Å². The first-order chi connectivity index (χ1) is 19.8. The molecule has 0 bridgehead atoms. The van der Waals surface area contributed by atoms with Gasteiger partial charge in [-0.3, -0.25) is 19.9 Å². The minimum absolute atomic E-state index is 0.0167. The lowest BCUT2D eigenvalue weighted by Gasteiger charge is -2.34. The zero-order valence-electron chi connectivity index (χ0n) is 23.4. The molecule has 13 nitrogen and oxygen atoms in total. The molecule has 3 aliphatic rings. The highest BCUT2D eigenvalue weighted by atomic mass is 32.1. The van der Waals surface area contributed by atoms with Gasteiger partial charge in [0, 0.05) is 50.3 Å². The molecular formula is C27H37N9O4S. The van der Waals surface area contributed by atoms with Gasteiger partial charge >= 0.3 is 6.03 Å². The van der Waals surface area contributed by atoms with Crippen LogP contribution in [0, 0.1) is 11.8 Å². The second-order valence-corrected chi connectivity index (χ2v) is 12.2. The van der Waals surface area contributed by atoms with Crippen molar-refractivity contribution in [2.24, 2.45) is 17.7 Å². The van der Waals surface area contributed by atoms with Crippen molar-refractivity contribution in [2.45, 2.75) is 58.0 Å². The molecule has 3 heterocycles. The monoisotopic (exact) mass is 583 g/mol. The zero-order valence-corrected chi connectivity index (χ0v) is 24.3. The maximum Gasteiger partial charge on any atom is 0.331 e. The zero-order chi connectivity index (χ0) is 29.1. The number of aromatic nitrogens is 3. The molecule has 4 amide bonds. The Labute approximate surface area is 243 Å². The molecule has 2 aromatic rings. The first kappa shape index (κ1) is 28.9. The SMILES string of the molecule is CC(C)CN(c1nc(C(=O)N(C(=O)c2ccnc(N3CCN(C(=O)NN)CC3)n2)[C@H](C=O)CC2CC2)cs1)C1CC1. The molecule has 3 fully saturated rings. The molecule has 41 heavy (non-hydrogen) atoms. The third kappa shape index (κ3) is 6.81. The Kier molecular flexibility index (Phi) is 8.78. The fourth-order valence-corrected chi connectivity index (χ4v) is 5.92. The lowest BCUT2D eigenvalue weighted by atomic mass is 10.1. The number of anilines is 2. The van der Waals surface area contributed by atoms with Crippen LogP contribution >= 0.6 is 11.3 Å². The number of nitrogens with two attached hydrogens (primary N) is 1. The summed E-state index contributed by atoms with van der Waals surface area (Å²) in [4.78, 5) is 72.1. The molecule has 2 aliphatic carbocycles. The van der Waals surface area contributed by atoms with Gasteiger partial charge in [0.2, 0.25) is 5.95 Å². The first-order valence-electron chi connectivity index (χ1n) is 14.2. The molecule has 1 saturated heterocycles. The van der Waals surface area contributed by atoms with E-state index in [1.165, 1.54) is 23.6 Å². The number of nitrogens with one attached hydrogen (secondary N) is 1. The summed E-state index contributed by atoms with van der Waals surface area (Å²) in [6.45, 7) is 6.84. The van der Waals surface area contributed by atoms with Crippen LogP contribution in [0.15, 0.2) is 17.6 Å². The maximum absolute atomic E-state index is 13.9. The minimum atomic E-state index is -0.917. The number of imide groups is 1. The number of nitrogens with zero attached hydrogens (tertiary/aromatic N) is 7.